The molecule has 0 radical (unpaired) electrons. The number of amides is 2. The van der Waals surface area contributed by atoms with Gasteiger partial charge in [-0.3, -0.25) is 5.43 Å². The first-order chi connectivity index (χ1) is 12.3. The van der Waals surface area contributed by atoms with Crippen LogP contribution < -0.4 is 22.1 Å². The van der Waals surface area contributed by atoms with E-state index in [4.69, 9.17) is 11.7 Å². The molecular weight excluding hydrogens is 365 g/mol. The number of hydrogen-bond donors (Lipinski definition) is 3. The van der Waals surface area contributed by atoms with E-state index < -0.39 is 17.8 Å². The van der Waals surface area contributed by atoms with Gasteiger partial charge in [0.05, 0.1) is 11.3 Å². The van der Waals surface area contributed by atoms with Crippen LogP contribution in [0.15, 0.2) is 47.4 Å². The van der Waals surface area contributed by atoms with E-state index in [1.165, 1.54) is 12.1 Å². The highest BCUT2D eigenvalue weighted by Crippen LogP contribution is 2.42. The largest absolute Gasteiger partial charge is 0.417 e. The fourth-order valence-electron chi connectivity index (χ4n) is 2.46. The normalized spacial score (nSPS) is 11.3. The quantitative estimate of drug-likeness (QED) is 0.317. The molecule has 0 atom stereocenters. The molecule has 26 heavy (non-hydrogen) atoms. The number of nitrogens with two attached hydrogens (primary N) is 2. The number of carbonyl (C=O) groups excluding carboxylic acids is 1. The van der Waals surface area contributed by atoms with Crippen LogP contribution in [-0.4, -0.2) is 6.03 Å². The van der Waals surface area contributed by atoms with Gasteiger partial charge >= 0.3 is 12.2 Å². The number of hydrogen-bond acceptors (Lipinski definition) is 4. The van der Waals surface area contributed by atoms with Crippen LogP contribution in [0.3, 0.4) is 0 Å². The molecule has 2 aromatic carbocycles. The molecule has 0 aromatic heterocycles. The molecule has 0 saturated heterocycles. The van der Waals surface area contributed by atoms with Crippen molar-refractivity contribution in [3.8, 4) is 0 Å². The van der Waals surface area contributed by atoms with E-state index in [1.807, 2.05) is 36.6 Å². The maximum absolute atomic E-state index is 13.4. The number of alkyl halides is 3. The van der Waals surface area contributed by atoms with Crippen LogP contribution in [-0.2, 0) is 18.3 Å². The molecule has 140 valence electrons. The van der Waals surface area contributed by atoms with Crippen LogP contribution in [0.25, 0.3) is 0 Å². The molecule has 5 N–H and O–H groups in total. The third kappa shape index (κ3) is 4.48. The van der Waals surface area contributed by atoms with Gasteiger partial charge in [0.1, 0.15) is 0 Å². The van der Waals surface area contributed by atoms with Crippen molar-refractivity contribution in [2.45, 2.75) is 30.2 Å². The maximum atomic E-state index is 13.4. The standard InChI is InChI=1S/C17H19F3N4OS/c1-2-11-6-3-4-7-12(11)10-26-15-13(17(18,19)20)8-5-9-14(15)24(22)16(25)23-21/h3-9H,2,10,21-22H2,1H3,(H,23,25). The molecule has 2 aromatic rings. The second-order valence-electron chi connectivity index (χ2n) is 5.38. The van der Waals surface area contributed by atoms with E-state index in [0.29, 0.717) is 10.8 Å². The third-order valence-electron chi connectivity index (χ3n) is 3.77. The Balaban J connectivity index is 2.45. The fraction of sp³-hybridized carbons (Fsp3) is 0.235. The Labute approximate surface area is 153 Å². The average molecular weight is 384 g/mol. The smallest absolute Gasteiger partial charge is 0.274 e. The number of halogens is 3. The number of anilines is 1. The second kappa shape index (κ2) is 8.43. The molecule has 0 unspecified atom stereocenters. The first kappa shape index (κ1) is 20.1. The molecule has 2 rings (SSSR count). The topological polar surface area (TPSA) is 84.4 Å². The number of aryl methyl sites for hydroxylation is 1. The molecule has 0 spiro atoms. The highest BCUT2D eigenvalue weighted by Gasteiger charge is 2.35. The maximum Gasteiger partial charge on any atom is 0.417 e. The predicted octanol–water partition coefficient (Wildman–Crippen LogP) is 3.82. The molecule has 0 aliphatic rings. The zero-order chi connectivity index (χ0) is 19.3. The lowest BCUT2D eigenvalue weighted by Crippen LogP contribution is -2.48. The Morgan fingerprint density at radius 3 is 2.38 bits per heavy atom. The van der Waals surface area contributed by atoms with Crippen molar-refractivity contribution < 1.29 is 18.0 Å². The van der Waals surface area contributed by atoms with E-state index >= 15 is 0 Å². The number of hydrazine groups is 2. The first-order valence-corrected chi connectivity index (χ1v) is 8.73. The van der Waals surface area contributed by atoms with Crippen LogP contribution in [0.1, 0.15) is 23.6 Å². The molecule has 0 aliphatic heterocycles. The summed E-state index contributed by atoms with van der Waals surface area (Å²) in [6, 6.07) is 10.1. The van der Waals surface area contributed by atoms with Crippen molar-refractivity contribution in [2.75, 3.05) is 5.01 Å². The number of urea groups is 1. The summed E-state index contributed by atoms with van der Waals surface area (Å²) in [5.74, 6) is 11.0. The minimum atomic E-state index is -4.58. The number of carbonyl (C=O) groups is 1. The highest BCUT2D eigenvalue weighted by atomic mass is 32.2. The van der Waals surface area contributed by atoms with Gasteiger partial charge < -0.3 is 0 Å². The van der Waals surface area contributed by atoms with Gasteiger partial charge in [0.25, 0.3) is 0 Å². The Bertz CT molecular complexity index is 783. The van der Waals surface area contributed by atoms with E-state index in [2.05, 4.69) is 0 Å². The summed E-state index contributed by atoms with van der Waals surface area (Å²) in [4.78, 5) is 11.5. The summed E-state index contributed by atoms with van der Waals surface area (Å²) >= 11 is 0.977. The minimum absolute atomic E-state index is 0.0678. The Morgan fingerprint density at radius 2 is 1.81 bits per heavy atom. The summed E-state index contributed by atoms with van der Waals surface area (Å²) < 4.78 is 40.3. The van der Waals surface area contributed by atoms with Gasteiger partial charge in [-0.05, 0) is 29.7 Å². The first-order valence-electron chi connectivity index (χ1n) is 7.74. The summed E-state index contributed by atoms with van der Waals surface area (Å²) in [5, 5.41) is 0.573. The van der Waals surface area contributed by atoms with Gasteiger partial charge in [0.15, 0.2) is 0 Å². The summed E-state index contributed by atoms with van der Waals surface area (Å²) in [5.41, 5.74) is 2.87. The van der Waals surface area contributed by atoms with Gasteiger partial charge in [-0.1, -0.05) is 37.3 Å². The molecule has 9 heteroatoms. The SMILES string of the molecule is CCc1ccccc1CSc1c(N(N)C(=O)NN)cccc1C(F)(F)F. The van der Waals surface area contributed by atoms with Crippen molar-refractivity contribution in [3.63, 3.8) is 0 Å². The number of nitrogens with zero attached hydrogens (tertiary/aromatic N) is 1. The van der Waals surface area contributed by atoms with Crippen molar-refractivity contribution in [2.24, 2.45) is 11.7 Å². The van der Waals surface area contributed by atoms with Crippen molar-refractivity contribution >= 4 is 23.5 Å². The lowest BCUT2D eigenvalue weighted by atomic mass is 10.1. The number of thioether (sulfide) groups is 1. The predicted molar refractivity (Wildman–Crippen MR) is 96.2 cm³/mol. The molecule has 0 saturated carbocycles. The van der Waals surface area contributed by atoms with E-state index in [0.717, 1.165) is 35.4 Å². The molecular formula is C17H19F3N4OS. The average Bonchev–Trinajstić information content (AvgIpc) is 2.64. The number of rotatable bonds is 5. The van der Waals surface area contributed by atoms with Gasteiger partial charge in [-0.15, -0.1) is 11.8 Å². The van der Waals surface area contributed by atoms with E-state index in [1.54, 1.807) is 0 Å². The monoisotopic (exact) mass is 384 g/mol. The van der Waals surface area contributed by atoms with Crippen LogP contribution in [0.4, 0.5) is 23.7 Å². The van der Waals surface area contributed by atoms with Crippen molar-refractivity contribution in [1.29, 1.82) is 0 Å². The van der Waals surface area contributed by atoms with Gasteiger partial charge in [-0.25, -0.2) is 21.5 Å². The van der Waals surface area contributed by atoms with Gasteiger partial charge in [0.2, 0.25) is 0 Å². The fourth-order valence-corrected chi connectivity index (χ4v) is 3.70. The highest BCUT2D eigenvalue weighted by molar-refractivity contribution is 7.98. The van der Waals surface area contributed by atoms with E-state index in [-0.39, 0.29) is 10.6 Å². The molecule has 0 bridgehead atoms. The zero-order valence-corrected chi connectivity index (χ0v) is 14.8. The Morgan fingerprint density at radius 1 is 1.15 bits per heavy atom. The van der Waals surface area contributed by atoms with Crippen LogP contribution in [0, 0.1) is 0 Å². The molecule has 0 fully saturated rings. The lowest BCUT2D eigenvalue weighted by Gasteiger charge is -2.22. The third-order valence-corrected chi connectivity index (χ3v) is 4.95. The zero-order valence-electron chi connectivity index (χ0n) is 14.0. The molecule has 0 heterocycles. The molecule has 5 nitrogen and oxygen atoms in total. The second-order valence-corrected chi connectivity index (χ2v) is 6.37. The summed E-state index contributed by atoms with van der Waals surface area (Å²) in [7, 11) is 0. The van der Waals surface area contributed by atoms with Gasteiger partial charge in [0, 0.05) is 10.6 Å². The molecule has 0 aliphatic carbocycles. The Hall–Kier alpha value is -2.23. The summed E-state index contributed by atoms with van der Waals surface area (Å²) in [6.07, 6.45) is -3.81. The van der Waals surface area contributed by atoms with E-state index in [9.17, 15) is 18.0 Å². The number of benzene rings is 2. The summed E-state index contributed by atoms with van der Waals surface area (Å²) in [6.45, 7) is 1.98. The van der Waals surface area contributed by atoms with Crippen LogP contribution in [0.5, 0.6) is 0 Å². The van der Waals surface area contributed by atoms with Crippen LogP contribution in [0.2, 0.25) is 0 Å². The van der Waals surface area contributed by atoms with Crippen molar-refractivity contribution in [3.05, 3.63) is 59.2 Å². The van der Waals surface area contributed by atoms with Gasteiger partial charge in [-0.2, -0.15) is 13.2 Å². The molecule has 2 amide bonds. The number of nitrogens with one attached hydrogen (secondary N) is 1. The van der Waals surface area contributed by atoms with Crippen LogP contribution >= 0.6 is 11.8 Å². The Kier molecular flexibility index (Phi) is 6.52. The minimum Gasteiger partial charge on any atom is -0.274 e. The lowest BCUT2D eigenvalue weighted by molar-refractivity contribution is -0.139. The van der Waals surface area contributed by atoms with Crippen molar-refractivity contribution in [1.82, 2.24) is 5.43 Å².